The summed E-state index contributed by atoms with van der Waals surface area (Å²) in [6.07, 6.45) is 5.18. The fourth-order valence-corrected chi connectivity index (χ4v) is 3.46. The molecule has 1 rings (SSSR count). The summed E-state index contributed by atoms with van der Waals surface area (Å²) >= 11 is 0. The average Bonchev–Trinajstić information content (AvgIpc) is 2.83. The monoisotopic (exact) mass is 492 g/mol. The molecule has 2 N–H and O–H groups in total. The van der Waals surface area contributed by atoms with Crippen molar-refractivity contribution in [1.29, 1.82) is 0 Å². The van der Waals surface area contributed by atoms with Crippen molar-refractivity contribution < 1.29 is 28.7 Å². The quantitative estimate of drug-likeness (QED) is 0.269. The summed E-state index contributed by atoms with van der Waals surface area (Å²) in [4.78, 5) is 46.5. The summed E-state index contributed by atoms with van der Waals surface area (Å²) in [6, 6.07) is 9.80. The van der Waals surface area contributed by atoms with Crippen molar-refractivity contribution in [2.45, 2.75) is 83.7 Å². The van der Waals surface area contributed by atoms with Gasteiger partial charge in [0.15, 0.2) is 0 Å². The van der Waals surface area contributed by atoms with Gasteiger partial charge in [0.25, 0.3) is 0 Å². The van der Waals surface area contributed by atoms with Gasteiger partial charge >= 0.3 is 5.97 Å². The molecule has 0 aliphatic heterocycles. The van der Waals surface area contributed by atoms with Crippen LogP contribution in [0.4, 0.5) is 0 Å². The third-order valence-corrected chi connectivity index (χ3v) is 5.28. The normalized spacial score (nSPS) is 12.1. The van der Waals surface area contributed by atoms with Crippen LogP contribution in [-0.4, -0.2) is 57.5 Å². The second-order valence-electron chi connectivity index (χ2n) is 8.96. The van der Waals surface area contributed by atoms with E-state index in [1.807, 2.05) is 30.3 Å². The Morgan fingerprint density at radius 1 is 0.829 bits per heavy atom. The zero-order valence-electron chi connectivity index (χ0n) is 22.0. The largest absolute Gasteiger partial charge is 0.469 e. The molecule has 0 aliphatic carbocycles. The zero-order valence-corrected chi connectivity index (χ0v) is 22.0. The summed E-state index contributed by atoms with van der Waals surface area (Å²) in [5.41, 5.74) is 1.12. The molecule has 0 fully saturated rings. The van der Waals surface area contributed by atoms with E-state index >= 15 is 0 Å². The number of ether oxygens (including phenoxy) is 2. The molecule has 1 aromatic rings. The molecule has 0 bridgehead atoms. The van der Waals surface area contributed by atoms with Gasteiger partial charge in [0, 0.05) is 45.6 Å². The van der Waals surface area contributed by atoms with Gasteiger partial charge in [0.05, 0.1) is 13.5 Å². The number of aldehydes is 1. The number of nitrogens with one attached hydrogen (secondary N) is 2. The first-order chi connectivity index (χ1) is 16.7. The first kappa shape index (κ1) is 32.3. The first-order valence-electron chi connectivity index (χ1n) is 12.3. The number of methoxy groups -OCH3 is 2. The van der Waals surface area contributed by atoms with E-state index in [4.69, 9.17) is 0 Å². The van der Waals surface area contributed by atoms with Gasteiger partial charge in [-0.1, -0.05) is 44.2 Å². The van der Waals surface area contributed by atoms with Crippen molar-refractivity contribution in [1.82, 2.24) is 10.6 Å². The summed E-state index contributed by atoms with van der Waals surface area (Å²) < 4.78 is 8.85. The molecule has 198 valence electrons. The molecule has 2 amide bonds. The Balaban J connectivity index is 0.00000365. The van der Waals surface area contributed by atoms with E-state index in [2.05, 4.69) is 34.0 Å². The Hall–Kier alpha value is -2.74. The van der Waals surface area contributed by atoms with Crippen LogP contribution in [-0.2, 0) is 35.1 Å². The molecular formula is C27H44N2O6. The van der Waals surface area contributed by atoms with Crippen molar-refractivity contribution in [3.63, 3.8) is 0 Å². The molecule has 0 aliphatic rings. The number of amides is 2. The van der Waals surface area contributed by atoms with Gasteiger partial charge in [-0.05, 0) is 43.6 Å². The maximum atomic E-state index is 12.3. The Labute approximate surface area is 210 Å². The molecule has 0 heterocycles. The van der Waals surface area contributed by atoms with Crippen molar-refractivity contribution in [3.05, 3.63) is 35.9 Å². The maximum absolute atomic E-state index is 12.3. The highest BCUT2D eigenvalue weighted by Gasteiger charge is 2.19. The van der Waals surface area contributed by atoms with Gasteiger partial charge in [-0.15, -0.1) is 0 Å². The van der Waals surface area contributed by atoms with Crippen LogP contribution in [0.15, 0.2) is 30.3 Å². The zero-order chi connectivity index (χ0) is 26.5. The number of benzene rings is 1. The van der Waals surface area contributed by atoms with Crippen LogP contribution in [0.2, 0.25) is 0 Å². The van der Waals surface area contributed by atoms with E-state index in [1.165, 1.54) is 7.11 Å². The number of hydrogen-bond donors (Lipinski definition) is 2. The molecule has 0 saturated heterocycles. The molecule has 0 saturated carbocycles. The van der Waals surface area contributed by atoms with Gasteiger partial charge in [0.2, 0.25) is 11.8 Å². The Morgan fingerprint density at radius 3 is 1.94 bits per heavy atom. The van der Waals surface area contributed by atoms with Crippen LogP contribution in [0.25, 0.3) is 0 Å². The molecule has 8 nitrogen and oxygen atoms in total. The molecular weight excluding hydrogens is 448 g/mol. The Kier molecular flexibility index (Phi) is 19.0. The minimum Gasteiger partial charge on any atom is -0.469 e. The van der Waals surface area contributed by atoms with E-state index in [1.54, 1.807) is 14.2 Å². The third kappa shape index (κ3) is 18.3. The van der Waals surface area contributed by atoms with Crippen molar-refractivity contribution in [2.24, 2.45) is 5.92 Å². The lowest BCUT2D eigenvalue weighted by molar-refractivity contribution is -0.142. The predicted molar refractivity (Wildman–Crippen MR) is 137 cm³/mol. The lowest BCUT2D eigenvalue weighted by Gasteiger charge is -2.24. The van der Waals surface area contributed by atoms with Crippen LogP contribution in [0, 0.1) is 5.92 Å². The highest BCUT2D eigenvalue weighted by atomic mass is 16.5. The van der Waals surface area contributed by atoms with Crippen LogP contribution in [0.1, 0.15) is 70.8 Å². The Bertz CT molecular complexity index is 724. The molecule has 2 atom stereocenters. The van der Waals surface area contributed by atoms with Crippen molar-refractivity contribution in [3.8, 4) is 0 Å². The van der Waals surface area contributed by atoms with Crippen LogP contribution < -0.4 is 10.6 Å². The van der Waals surface area contributed by atoms with Gasteiger partial charge in [-0.3, -0.25) is 14.4 Å². The second-order valence-corrected chi connectivity index (χ2v) is 8.96. The molecule has 2 unspecified atom stereocenters. The van der Waals surface area contributed by atoms with E-state index in [0.717, 1.165) is 24.7 Å². The van der Waals surface area contributed by atoms with E-state index in [-0.39, 0.29) is 49.6 Å². The highest BCUT2D eigenvalue weighted by Crippen LogP contribution is 2.15. The van der Waals surface area contributed by atoms with Gasteiger partial charge in [-0.25, -0.2) is 0 Å². The molecule has 0 spiro atoms. The minimum absolute atomic E-state index is 0.0345. The van der Waals surface area contributed by atoms with E-state index < -0.39 is 5.97 Å². The third-order valence-electron chi connectivity index (χ3n) is 5.28. The van der Waals surface area contributed by atoms with Crippen molar-refractivity contribution in [2.75, 3.05) is 21.3 Å². The summed E-state index contributed by atoms with van der Waals surface area (Å²) in [7, 11) is 4.56. The number of hydrogen-bond acceptors (Lipinski definition) is 6. The van der Waals surface area contributed by atoms with Gasteiger partial charge in [0.1, 0.15) is 6.29 Å². The predicted octanol–water partition coefficient (Wildman–Crippen LogP) is 3.61. The van der Waals surface area contributed by atoms with Crippen molar-refractivity contribution >= 4 is 24.1 Å². The topological polar surface area (TPSA) is 111 Å². The standard InChI is InChI=1S/C25H38N2O5.C2H6O/c1-19(2)11-12-21(26-24(30)15-16-25(31)32-3)13-14-22(27-23(29)10-7-17-28)18-20-8-5-4-6-9-20;1-3-2/h4-6,8-9,17,19,21-22H,7,10-16,18H2,1-3H3,(H,26,30)(H,27,29);1-2H3. The van der Waals surface area contributed by atoms with Crippen LogP contribution in [0.3, 0.4) is 0 Å². The lowest BCUT2D eigenvalue weighted by Crippen LogP contribution is -2.40. The number of carbonyl (C=O) groups is 4. The average molecular weight is 493 g/mol. The van der Waals surface area contributed by atoms with E-state index in [0.29, 0.717) is 25.2 Å². The molecule has 8 heteroatoms. The fourth-order valence-electron chi connectivity index (χ4n) is 3.46. The molecule has 1 aromatic carbocycles. The molecule has 35 heavy (non-hydrogen) atoms. The van der Waals surface area contributed by atoms with E-state index in [9.17, 15) is 19.2 Å². The van der Waals surface area contributed by atoms with Crippen LogP contribution >= 0.6 is 0 Å². The molecule has 0 radical (unpaired) electrons. The first-order valence-corrected chi connectivity index (χ1v) is 12.3. The minimum atomic E-state index is -0.403. The van der Waals surface area contributed by atoms with Gasteiger partial charge < -0.3 is 24.9 Å². The lowest BCUT2D eigenvalue weighted by atomic mass is 9.95. The summed E-state index contributed by atoms with van der Waals surface area (Å²) in [5.74, 6) is -0.204. The SMILES string of the molecule is COC.COC(=O)CCC(=O)NC(CCC(C)C)CCC(Cc1ccccc1)NC(=O)CCC=O. The summed E-state index contributed by atoms with van der Waals surface area (Å²) in [6.45, 7) is 4.28. The number of esters is 1. The number of rotatable bonds is 16. The maximum Gasteiger partial charge on any atom is 0.306 e. The summed E-state index contributed by atoms with van der Waals surface area (Å²) in [5, 5.41) is 6.10. The smallest absolute Gasteiger partial charge is 0.306 e. The second kappa shape index (κ2) is 20.6. The molecule has 0 aromatic heterocycles. The van der Waals surface area contributed by atoms with Crippen LogP contribution in [0.5, 0.6) is 0 Å². The fraction of sp³-hybridized carbons (Fsp3) is 0.630. The van der Waals surface area contributed by atoms with Gasteiger partial charge in [-0.2, -0.15) is 0 Å². The Morgan fingerprint density at radius 2 is 1.37 bits per heavy atom. The highest BCUT2D eigenvalue weighted by molar-refractivity contribution is 5.81. The number of carbonyl (C=O) groups excluding carboxylic acids is 4.